The number of halogens is 4. The summed E-state index contributed by atoms with van der Waals surface area (Å²) in [5, 5.41) is 0. The van der Waals surface area contributed by atoms with Crippen LogP contribution in [0, 0.1) is 0 Å². The number of benzene rings is 3. The second kappa shape index (κ2) is 12.6. The minimum Gasteiger partial charge on any atom is -0.456 e. The summed E-state index contributed by atoms with van der Waals surface area (Å²) in [6.45, 7) is 2.93. The standard InChI is InChI=1S/C31H29N2O2.BF4/c1-4-33-28-14-8-10-16-30(28)35-31(33)22-26-21-24(27-13-7-9-15-29(27)34-26)12-6-5-11-23-17-19-25(20-18-23)32(2)3;2-1(3,4)5/h5-22H,4H2,1-3H3;/q+1;-1. The first kappa shape index (κ1) is 28.5. The molecular formula is C31H29BF4N2O2. The maximum atomic E-state index is 9.75. The van der Waals surface area contributed by atoms with Crippen LogP contribution in [-0.2, 0) is 6.54 Å². The van der Waals surface area contributed by atoms with Crippen molar-refractivity contribution in [3.8, 4) is 5.75 Å². The molecule has 1 aliphatic rings. The van der Waals surface area contributed by atoms with Crippen LogP contribution < -0.4 is 14.2 Å². The molecule has 0 unspecified atom stereocenters. The lowest BCUT2D eigenvalue weighted by Gasteiger charge is -2.18. The average Bonchev–Trinajstić information content (AvgIpc) is 3.27. The summed E-state index contributed by atoms with van der Waals surface area (Å²) in [6, 6.07) is 24.7. The van der Waals surface area contributed by atoms with E-state index >= 15 is 0 Å². The fourth-order valence-electron chi connectivity index (χ4n) is 4.21. The minimum absolute atomic E-state index is 0.743. The Bertz CT molecular complexity index is 1580. The van der Waals surface area contributed by atoms with Gasteiger partial charge in [-0.2, -0.15) is 4.57 Å². The van der Waals surface area contributed by atoms with Crippen molar-refractivity contribution in [2.24, 2.45) is 0 Å². The van der Waals surface area contributed by atoms with E-state index in [0.29, 0.717) is 0 Å². The Hall–Kier alpha value is -4.53. The fraction of sp³-hybridized carbons (Fsp3) is 0.129. The van der Waals surface area contributed by atoms with E-state index in [4.69, 9.17) is 9.15 Å². The van der Waals surface area contributed by atoms with E-state index in [1.165, 1.54) is 5.69 Å². The van der Waals surface area contributed by atoms with Gasteiger partial charge in [-0.1, -0.05) is 66.8 Å². The number of ether oxygens (including phenoxy) is 1. The van der Waals surface area contributed by atoms with Gasteiger partial charge in [-0.3, -0.25) is 0 Å². The van der Waals surface area contributed by atoms with Gasteiger partial charge in [0, 0.05) is 31.4 Å². The number of allylic oxidation sites excluding steroid dienone is 5. The number of aromatic nitrogens is 1. The molecule has 0 radical (unpaired) electrons. The van der Waals surface area contributed by atoms with E-state index in [1.807, 2.05) is 56.6 Å². The Morgan fingerprint density at radius 2 is 1.50 bits per heavy atom. The summed E-state index contributed by atoms with van der Waals surface area (Å²) in [5.74, 6) is 2.35. The number of nitrogens with zero attached hydrogens (tertiary/aromatic N) is 2. The van der Waals surface area contributed by atoms with Crippen molar-refractivity contribution < 1.29 is 31.0 Å². The second-order valence-electron chi connectivity index (χ2n) is 9.10. The molecule has 2 heterocycles. The van der Waals surface area contributed by atoms with Crippen LogP contribution in [0.1, 0.15) is 23.9 Å². The van der Waals surface area contributed by atoms with Crippen LogP contribution >= 0.6 is 0 Å². The molecule has 1 aromatic heterocycles. The molecule has 0 fully saturated rings. The van der Waals surface area contributed by atoms with Crippen molar-refractivity contribution in [3.63, 3.8) is 0 Å². The highest BCUT2D eigenvalue weighted by atomic mass is 19.5. The quantitative estimate of drug-likeness (QED) is 0.105. The van der Waals surface area contributed by atoms with Gasteiger partial charge in [-0.25, -0.2) is 0 Å². The molecule has 206 valence electrons. The van der Waals surface area contributed by atoms with Gasteiger partial charge in [0.25, 0.3) is 5.52 Å². The average molecular weight is 548 g/mol. The Morgan fingerprint density at radius 3 is 2.20 bits per heavy atom. The van der Waals surface area contributed by atoms with Gasteiger partial charge in [-0.05, 0) is 48.4 Å². The van der Waals surface area contributed by atoms with E-state index in [1.54, 1.807) is 0 Å². The van der Waals surface area contributed by atoms with Crippen molar-refractivity contribution in [1.82, 2.24) is 0 Å². The zero-order valence-corrected chi connectivity index (χ0v) is 22.4. The first-order valence-electron chi connectivity index (χ1n) is 12.7. The van der Waals surface area contributed by atoms with Crippen molar-refractivity contribution in [3.05, 3.63) is 120 Å². The van der Waals surface area contributed by atoms with Crippen molar-refractivity contribution in [1.29, 1.82) is 0 Å². The topological polar surface area (TPSA) is 29.5 Å². The third-order valence-electron chi connectivity index (χ3n) is 6.03. The summed E-state index contributed by atoms with van der Waals surface area (Å²) >= 11 is 0. The predicted molar refractivity (Wildman–Crippen MR) is 154 cm³/mol. The van der Waals surface area contributed by atoms with E-state index in [2.05, 4.69) is 83.2 Å². The molecule has 0 bridgehead atoms. The summed E-state index contributed by atoms with van der Waals surface area (Å²) in [6.07, 6.45) is 12.4. The third kappa shape index (κ3) is 7.53. The molecule has 9 heteroatoms. The Morgan fingerprint density at radius 1 is 0.850 bits per heavy atom. The lowest BCUT2D eigenvalue weighted by Crippen LogP contribution is -2.33. The van der Waals surface area contributed by atoms with Gasteiger partial charge in [-0.15, -0.1) is 0 Å². The Balaban J connectivity index is 0.000000681. The lowest BCUT2D eigenvalue weighted by molar-refractivity contribution is -0.674. The zero-order valence-electron chi connectivity index (χ0n) is 22.4. The molecule has 3 aromatic carbocycles. The molecule has 0 saturated heterocycles. The monoisotopic (exact) mass is 548 g/mol. The minimum atomic E-state index is -6.00. The summed E-state index contributed by atoms with van der Waals surface area (Å²) in [4.78, 5) is 2.10. The normalized spacial score (nSPS) is 14.2. The van der Waals surface area contributed by atoms with Crippen LogP contribution in [-0.4, -0.2) is 21.3 Å². The Labute approximate surface area is 230 Å². The number of hydrogen-bond acceptors (Lipinski definition) is 3. The van der Waals surface area contributed by atoms with E-state index in [9.17, 15) is 17.3 Å². The SMILES string of the molecule is CC[n+]1c(C=C2C=C(C=CC=Cc3ccc(N(C)C)cc3)c3ccccc3O2)oc2ccccc21.F[B-](F)(F)F. The van der Waals surface area contributed by atoms with Gasteiger partial charge >= 0.3 is 13.1 Å². The Kier molecular flexibility index (Phi) is 8.94. The number of anilines is 1. The highest BCUT2D eigenvalue weighted by molar-refractivity contribution is 6.50. The number of fused-ring (bicyclic) bond motifs is 2. The lowest BCUT2D eigenvalue weighted by atomic mass is 10.0. The van der Waals surface area contributed by atoms with Crippen LogP contribution in [0.4, 0.5) is 23.0 Å². The molecule has 4 nitrogen and oxygen atoms in total. The first-order valence-corrected chi connectivity index (χ1v) is 12.7. The predicted octanol–water partition coefficient (Wildman–Crippen LogP) is 8.19. The maximum Gasteiger partial charge on any atom is 0.673 e. The van der Waals surface area contributed by atoms with Gasteiger partial charge in [0.05, 0.1) is 6.08 Å². The smallest absolute Gasteiger partial charge is 0.456 e. The first-order chi connectivity index (χ1) is 19.1. The van der Waals surface area contributed by atoms with Crippen molar-refractivity contribution in [2.75, 3.05) is 19.0 Å². The van der Waals surface area contributed by atoms with E-state index < -0.39 is 7.25 Å². The van der Waals surface area contributed by atoms with Crippen LogP contribution in [0.3, 0.4) is 0 Å². The van der Waals surface area contributed by atoms with E-state index in [0.717, 1.165) is 51.7 Å². The van der Waals surface area contributed by atoms with E-state index in [-0.39, 0.29) is 0 Å². The maximum absolute atomic E-state index is 9.75. The fourth-order valence-corrected chi connectivity index (χ4v) is 4.21. The van der Waals surface area contributed by atoms with Crippen molar-refractivity contribution in [2.45, 2.75) is 13.5 Å². The van der Waals surface area contributed by atoms with Crippen LogP contribution in [0.25, 0.3) is 28.8 Å². The molecule has 0 aliphatic carbocycles. The highest BCUT2D eigenvalue weighted by Gasteiger charge is 2.22. The largest absolute Gasteiger partial charge is 0.673 e. The molecular weight excluding hydrogens is 519 g/mol. The summed E-state index contributed by atoms with van der Waals surface area (Å²) < 4.78 is 53.5. The molecule has 0 saturated carbocycles. The van der Waals surface area contributed by atoms with Gasteiger partial charge < -0.3 is 31.3 Å². The number of hydrogen-bond donors (Lipinski definition) is 0. The molecule has 0 amide bonds. The molecule has 0 atom stereocenters. The van der Waals surface area contributed by atoms with Gasteiger partial charge in [0.15, 0.2) is 0 Å². The number of para-hydroxylation sites is 3. The molecule has 0 N–H and O–H groups in total. The summed E-state index contributed by atoms with van der Waals surface area (Å²) in [5.41, 5.74) is 6.45. The van der Waals surface area contributed by atoms with Crippen LogP contribution in [0.5, 0.6) is 5.75 Å². The number of aryl methyl sites for hydroxylation is 1. The van der Waals surface area contributed by atoms with Gasteiger partial charge in [0.1, 0.15) is 18.1 Å². The molecule has 5 rings (SSSR count). The second-order valence-corrected chi connectivity index (χ2v) is 9.10. The summed E-state index contributed by atoms with van der Waals surface area (Å²) in [7, 11) is -1.91. The van der Waals surface area contributed by atoms with Crippen LogP contribution in [0.15, 0.2) is 107 Å². The van der Waals surface area contributed by atoms with Gasteiger partial charge in [0.2, 0.25) is 5.58 Å². The number of oxazole rings is 1. The molecule has 0 spiro atoms. The third-order valence-corrected chi connectivity index (χ3v) is 6.03. The number of rotatable bonds is 6. The molecule has 40 heavy (non-hydrogen) atoms. The molecule has 4 aromatic rings. The van der Waals surface area contributed by atoms with Crippen molar-refractivity contribution >= 4 is 41.8 Å². The zero-order chi connectivity index (χ0) is 28.7. The highest BCUT2D eigenvalue weighted by Crippen LogP contribution is 2.34. The molecule has 1 aliphatic heterocycles. The van der Waals surface area contributed by atoms with Crippen LogP contribution in [0.2, 0.25) is 0 Å².